The summed E-state index contributed by atoms with van der Waals surface area (Å²) in [5.41, 5.74) is 2.10. The maximum Gasteiger partial charge on any atom is 0.166 e. The minimum atomic E-state index is -0.256. The molecule has 1 N–H and O–H groups in total. The van der Waals surface area contributed by atoms with E-state index in [0.29, 0.717) is 25.5 Å². The van der Waals surface area contributed by atoms with E-state index in [-0.39, 0.29) is 5.82 Å². The number of methoxy groups -OCH3 is 1. The van der Waals surface area contributed by atoms with Crippen molar-refractivity contribution < 1.29 is 18.6 Å². The van der Waals surface area contributed by atoms with E-state index in [2.05, 4.69) is 10.3 Å². The summed E-state index contributed by atoms with van der Waals surface area (Å²) in [6, 6.07) is 15.9. The number of aromatic nitrogens is 1. The molecular weight excluding hydrogens is 383 g/mol. The molecule has 3 rings (SSSR count). The summed E-state index contributed by atoms with van der Waals surface area (Å²) < 4.78 is 30.0. The summed E-state index contributed by atoms with van der Waals surface area (Å²) in [5, 5.41) is 3.45. The first-order chi connectivity index (χ1) is 14.8. The number of pyridine rings is 1. The van der Waals surface area contributed by atoms with E-state index in [0.717, 1.165) is 42.0 Å². The molecule has 0 saturated carbocycles. The lowest BCUT2D eigenvalue weighted by atomic mass is 10.1. The van der Waals surface area contributed by atoms with Crippen LogP contribution >= 0.6 is 0 Å². The summed E-state index contributed by atoms with van der Waals surface area (Å²) >= 11 is 0. The first-order valence-electron chi connectivity index (χ1n) is 10.0. The molecule has 1 aromatic heterocycles. The highest BCUT2D eigenvalue weighted by atomic mass is 19.1. The highest BCUT2D eigenvalue weighted by Gasteiger charge is 2.10. The Hall–Kier alpha value is -3.12. The van der Waals surface area contributed by atoms with Gasteiger partial charge in [-0.15, -0.1) is 0 Å². The number of nitrogens with zero attached hydrogens (tertiary/aromatic N) is 1. The number of nitrogens with one attached hydrogen (secondary N) is 1. The van der Waals surface area contributed by atoms with Gasteiger partial charge in [0.15, 0.2) is 11.5 Å². The molecule has 0 atom stereocenters. The van der Waals surface area contributed by atoms with Crippen LogP contribution in [0.4, 0.5) is 4.39 Å². The van der Waals surface area contributed by atoms with Crippen LogP contribution in [-0.4, -0.2) is 25.2 Å². The van der Waals surface area contributed by atoms with Gasteiger partial charge in [-0.1, -0.05) is 12.1 Å². The van der Waals surface area contributed by atoms with Crippen LogP contribution in [0.25, 0.3) is 0 Å². The molecule has 0 bridgehead atoms. The molecule has 0 saturated heterocycles. The number of ether oxygens (including phenoxy) is 3. The van der Waals surface area contributed by atoms with Crippen LogP contribution in [0.3, 0.4) is 0 Å². The normalized spacial score (nSPS) is 10.6. The number of rotatable bonds is 12. The lowest BCUT2D eigenvalue weighted by molar-refractivity contribution is 0.280. The number of para-hydroxylation sites is 1. The molecule has 0 amide bonds. The molecule has 0 unspecified atom stereocenters. The maximum atomic E-state index is 12.9. The quantitative estimate of drug-likeness (QED) is 0.437. The zero-order chi connectivity index (χ0) is 21.0. The van der Waals surface area contributed by atoms with Gasteiger partial charge in [0.25, 0.3) is 0 Å². The van der Waals surface area contributed by atoms with E-state index in [1.807, 2.05) is 30.3 Å². The Labute approximate surface area is 176 Å². The van der Waals surface area contributed by atoms with Crippen LogP contribution in [0, 0.1) is 5.82 Å². The fourth-order valence-electron chi connectivity index (χ4n) is 2.96. The second-order valence-electron chi connectivity index (χ2n) is 6.78. The zero-order valence-corrected chi connectivity index (χ0v) is 17.1. The van der Waals surface area contributed by atoms with Gasteiger partial charge in [0, 0.05) is 24.5 Å². The van der Waals surface area contributed by atoms with E-state index in [1.165, 1.54) is 12.1 Å². The highest BCUT2D eigenvalue weighted by molar-refractivity contribution is 5.46. The van der Waals surface area contributed by atoms with Crippen molar-refractivity contribution in [1.82, 2.24) is 10.3 Å². The van der Waals surface area contributed by atoms with Gasteiger partial charge in [-0.3, -0.25) is 4.98 Å². The molecule has 3 aromatic rings. The third-order valence-corrected chi connectivity index (χ3v) is 4.56. The van der Waals surface area contributed by atoms with Crippen molar-refractivity contribution in [1.29, 1.82) is 0 Å². The number of hydrogen-bond acceptors (Lipinski definition) is 5. The predicted molar refractivity (Wildman–Crippen MR) is 114 cm³/mol. The van der Waals surface area contributed by atoms with Gasteiger partial charge in [0.2, 0.25) is 0 Å². The maximum absolute atomic E-state index is 12.9. The van der Waals surface area contributed by atoms with Crippen molar-refractivity contribution in [3.63, 3.8) is 0 Å². The largest absolute Gasteiger partial charge is 0.494 e. The molecule has 0 aliphatic heterocycles. The van der Waals surface area contributed by atoms with E-state index in [1.54, 1.807) is 31.6 Å². The molecule has 0 aliphatic carbocycles. The van der Waals surface area contributed by atoms with E-state index < -0.39 is 0 Å². The Morgan fingerprint density at radius 3 is 2.50 bits per heavy atom. The van der Waals surface area contributed by atoms with Crippen LogP contribution in [0.15, 0.2) is 67.0 Å². The first kappa shape index (κ1) is 21.6. The third kappa shape index (κ3) is 6.74. The van der Waals surface area contributed by atoms with Crippen LogP contribution in [0.5, 0.6) is 17.2 Å². The Kier molecular flexibility index (Phi) is 8.47. The van der Waals surface area contributed by atoms with Gasteiger partial charge < -0.3 is 19.5 Å². The molecule has 0 spiro atoms. The van der Waals surface area contributed by atoms with Crippen molar-refractivity contribution in [2.45, 2.75) is 26.0 Å². The number of hydrogen-bond donors (Lipinski definition) is 1. The monoisotopic (exact) mass is 410 g/mol. The zero-order valence-electron chi connectivity index (χ0n) is 17.1. The van der Waals surface area contributed by atoms with Gasteiger partial charge in [-0.2, -0.15) is 0 Å². The fraction of sp³-hybridized carbons (Fsp3) is 0.292. The van der Waals surface area contributed by atoms with Crippen LogP contribution in [-0.2, 0) is 13.2 Å². The van der Waals surface area contributed by atoms with Crippen LogP contribution in [0.1, 0.15) is 24.0 Å². The number of halogens is 1. The Morgan fingerprint density at radius 2 is 1.73 bits per heavy atom. The molecule has 6 heteroatoms. The standard InChI is InChI=1S/C24H27FN2O3/c1-28-23-6-4-5-20(24(23)30-18-19-11-14-26-15-12-19)17-27-13-2-3-16-29-22-9-7-21(25)8-10-22/h4-12,14-15,27H,2-3,13,16-18H2,1H3. The minimum Gasteiger partial charge on any atom is -0.494 e. The molecule has 1 heterocycles. The van der Waals surface area contributed by atoms with Gasteiger partial charge in [0.05, 0.1) is 13.7 Å². The summed E-state index contributed by atoms with van der Waals surface area (Å²) in [6.07, 6.45) is 5.39. The third-order valence-electron chi connectivity index (χ3n) is 4.56. The summed E-state index contributed by atoms with van der Waals surface area (Å²) in [4.78, 5) is 4.03. The molecule has 158 valence electrons. The smallest absolute Gasteiger partial charge is 0.166 e. The van der Waals surface area contributed by atoms with Crippen LogP contribution in [0.2, 0.25) is 0 Å². The second-order valence-corrected chi connectivity index (χ2v) is 6.78. The SMILES string of the molecule is COc1cccc(CNCCCCOc2ccc(F)cc2)c1OCc1ccncc1. The Morgan fingerprint density at radius 1 is 0.933 bits per heavy atom. The van der Waals surface area contributed by atoms with Crippen molar-refractivity contribution in [3.05, 3.63) is 83.9 Å². The van der Waals surface area contributed by atoms with E-state index >= 15 is 0 Å². The molecule has 0 radical (unpaired) electrons. The molecule has 2 aromatic carbocycles. The minimum absolute atomic E-state index is 0.256. The average molecular weight is 410 g/mol. The van der Waals surface area contributed by atoms with Gasteiger partial charge >= 0.3 is 0 Å². The molecule has 30 heavy (non-hydrogen) atoms. The lowest BCUT2D eigenvalue weighted by Crippen LogP contribution is -2.16. The molecule has 5 nitrogen and oxygen atoms in total. The Balaban J connectivity index is 1.42. The van der Waals surface area contributed by atoms with Gasteiger partial charge in [-0.05, 0) is 67.4 Å². The van der Waals surface area contributed by atoms with E-state index in [4.69, 9.17) is 14.2 Å². The van der Waals surface area contributed by atoms with Crippen molar-refractivity contribution >= 4 is 0 Å². The summed E-state index contributed by atoms with van der Waals surface area (Å²) in [5.74, 6) is 1.91. The molecule has 0 aliphatic rings. The summed E-state index contributed by atoms with van der Waals surface area (Å²) in [6.45, 7) is 2.60. The topological polar surface area (TPSA) is 52.6 Å². The molecule has 0 fully saturated rings. The van der Waals surface area contributed by atoms with Crippen molar-refractivity contribution in [2.24, 2.45) is 0 Å². The number of benzene rings is 2. The Bertz CT molecular complexity index is 889. The highest BCUT2D eigenvalue weighted by Crippen LogP contribution is 2.31. The van der Waals surface area contributed by atoms with Gasteiger partial charge in [-0.25, -0.2) is 4.39 Å². The van der Waals surface area contributed by atoms with Crippen molar-refractivity contribution in [3.8, 4) is 17.2 Å². The fourth-order valence-corrected chi connectivity index (χ4v) is 2.96. The van der Waals surface area contributed by atoms with Crippen molar-refractivity contribution in [2.75, 3.05) is 20.3 Å². The first-order valence-corrected chi connectivity index (χ1v) is 10.0. The lowest BCUT2D eigenvalue weighted by Gasteiger charge is -2.15. The van der Waals surface area contributed by atoms with Crippen LogP contribution < -0.4 is 19.5 Å². The molecular formula is C24H27FN2O3. The number of unbranched alkanes of at least 4 members (excludes halogenated alkanes) is 1. The second kappa shape index (κ2) is 11.8. The average Bonchev–Trinajstić information content (AvgIpc) is 2.79. The predicted octanol–water partition coefficient (Wildman–Crippen LogP) is 4.76. The van der Waals surface area contributed by atoms with E-state index in [9.17, 15) is 4.39 Å². The summed E-state index contributed by atoms with van der Waals surface area (Å²) in [7, 11) is 1.65. The van der Waals surface area contributed by atoms with Gasteiger partial charge in [0.1, 0.15) is 18.2 Å².